The molecule has 0 saturated heterocycles. The zero-order valence-corrected chi connectivity index (χ0v) is 18.3. The summed E-state index contributed by atoms with van der Waals surface area (Å²) in [7, 11) is 0. The lowest BCUT2D eigenvalue weighted by atomic mass is 10.2. The number of nitrogens with one attached hydrogen (secondary N) is 1. The molecule has 1 aromatic rings. The van der Waals surface area contributed by atoms with E-state index in [9.17, 15) is 4.79 Å². The summed E-state index contributed by atoms with van der Waals surface area (Å²) in [5.74, 6) is 0.768. The molecule has 9 nitrogen and oxygen atoms in total. The summed E-state index contributed by atoms with van der Waals surface area (Å²) in [5, 5.41) is 2.62. The Bertz CT molecular complexity index is 561. The van der Waals surface area contributed by atoms with Gasteiger partial charge in [-0.25, -0.2) is 4.79 Å². The molecule has 0 aromatic heterocycles. The molecule has 9 heteroatoms. The third-order valence-corrected chi connectivity index (χ3v) is 3.41. The molecule has 0 unspecified atom stereocenters. The third kappa shape index (κ3) is 15.8. The number of nitrogens with two attached hydrogens (primary N) is 1. The lowest BCUT2D eigenvalue weighted by Gasteiger charge is -2.19. The summed E-state index contributed by atoms with van der Waals surface area (Å²) in [6, 6.07) is 7.24. The molecule has 1 amide bonds. The second kappa shape index (κ2) is 15.7. The van der Waals surface area contributed by atoms with E-state index in [4.69, 9.17) is 34.2 Å². The van der Waals surface area contributed by atoms with Crippen molar-refractivity contribution in [2.75, 3.05) is 71.7 Å². The van der Waals surface area contributed by atoms with Gasteiger partial charge in [0, 0.05) is 12.2 Å². The molecule has 3 N–H and O–H groups in total. The van der Waals surface area contributed by atoms with Crippen LogP contribution in [0, 0.1) is 0 Å². The van der Waals surface area contributed by atoms with E-state index in [1.807, 2.05) is 32.9 Å². The zero-order valence-electron chi connectivity index (χ0n) is 18.3. The first-order chi connectivity index (χ1) is 14.4. The number of hydrogen-bond acceptors (Lipinski definition) is 8. The van der Waals surface area contributed by atoms with E-state index in [1.165, 1.54) is 0 Å². The van der Waals surface area contributed by atoms with Crippen molar-refractivity contribution in [3.05, 3.63) is 24.3 Å². The number of carbonyl (C=O) groups is 1. The highest BCUT2D eigenvalue weighted by molar-refractivity contribution is 5.67. The average molecular weight is 429 g/mol. The lowest BCUT2D eigenvalue weighted by molar-refractivity contribution is -0.00455. The van der Waals surface area contributed by atoms with Crippen molar-refractivity contribution in [1.82, 2.24) is 5.32 Å². The standard InChI is InChI=1S/C21H36N2O7/c1-21(2,3)30-20(24)23-8-9-25-10-11-26-12-13-27-14-15-28-16-17-29-19-6-4-18(22)5-7-19/h4-7H,8-17,22H2,1-3H3,(H,23,24). The topological polar surface area (TPSA) is 111 Å². The Labute approximate surface area is 179 Å². The smallest absolute Gasteiger partial charge is 0.407 e. The molecule has 172 valence electrons. The highest BCUT2D eigenvalue weighted by Gasteiger charge is 2.15. The van der Waals surface area contributed by atoms with Crippen LogP contribution in [-0.4, -0.2) is 77.7 Å². The van der Waals surface area contributed by atoms with Crippen LogP contribution >= 0.6 is 0 Å². The lowest BCUT2D eigenvalue weighted by Crippen LogP contribution is -2.34. The van der Waals surface area contributed by atoms with Gasteiger partial charge in [-0.05, 0) is 45.0 Å². The molecule has 0 atom stereocenters. The van der Waals surface area contributed by atoms with Gasteiger partial charge in [0.2, 0.25) is 0 Å². The monoisotopic (exact) mass is 428 g/mol. The largest absolute Gasteiger partial charge is 0.491 e. The maximum atomic E-state index is 11.4. The molecule has 1 aromatic carbocycles. The van der Waals surface area contributed by atoms with Gasteiger partial charge in [-0.2, -0.15) is 0 Å². The van der Waals surface area contributed by atoms with E-state index in [0.29, 0.717) is 71.7 Å². The Morgan fingerprint density at radius 1 is 0.800 bits per heavy atom. The minimum atomic E-state index is -0.500. The van der Waals surface area contributed by atoms with Gasteiger partial charge >= 0.3 is 6.09 Å². The molecule has 30 heavy (non-hydrogen) atoms. The van der Waals surface area contributed by atoms with E-state index in [1.54, 1.807) is 12.1 Å². The van der Waals surface area contributed by atoms with Crippen molar-refractivity contribution in [3.8, 4) is 5.75 Å². The molecule has 0 spiro atoms. The fourth-order valence-electron chi connectivity index (χ4n) is 2.08. The van der Waals surface area contributed by atoms with Gasteiger partial charge in [0.1, 0.15) is 18.0 Å². The molecule has 0 aliphatic carbocycles. The van der Waals surface area contributed by atoms with E-state index in [2.05, 4.69) is 5.32 Å². The Balaban J connectivity index is 1.76. The molecule has 0 bridgehead atoms. The molecule has 1 rings (SSSR count). The van der Waals surface area contributed by atoms with Crippen LogP contribution in [0.2, 0.25) is 0 Å². The molecular weight excluding hydrogens is 392 g/mol. The van der Waals surface area contributed by atoms with Gasteiger partial charge in [-0.3, -0.25) is 0 Å². The molecule has 0 saturated carbocycles. The fraction of sp³-hybridized carbons (Fsp3) is 0.667. The average Bonchev–Trinajstić information content (AvgIpc) is 2.67. The third-order valence-electron chi connectivity index (χ3n) is 3.41. The normalized spacial score (nSPS) is 11.3. The number of alkyl carbamates (subject to hydrolysis) is 1. The van der Waals surface area contributed by atoms with Gasteiger partial charge in [0.15, 0.2) is 0 Å². The zero-order chi connectivity index (χ0) is 22.1. The summed E-state index contributed by atoms with van der Waals surface area (Å²) in [6.45, 7) is 10.1. The van der Waals surface area contributed by atoms with Gasteiger partial charge in [0.25, 0.3) is 0 Å². The van der Waals surface area contributed by atoms with Gasteiger partial charge in [-0.1, -0.05) is 0 Å². The van der Waals surface area contributed by atoms with Crippen molar-refractivity contribution >= 4 is 11.8 Å². The van der Waals surface area contributed by atoms with Crippen LogP contribution in [0.15, 0.2) is 24.3 Å². The van der Waals surface area contributed by atoms with Crippen molar-refractivity contribution in [2.45, 2.75) is 26.4 Å². The van der Waals surface area contributed by atoms with Gasteiger partial charge in [0.05, 0.1) is 52.9 Å². The highest BCUT2D eigenvalue weighted by atomic mass is 16.6. The summed E-state index contributed by atoms with van der Waals surface area (Å²) in [4.78, 5) is 11.4. The molecule has 0 aliphatic rings. The molecule has 0 aliphatic heterocycles. The highest BCUT2D eigenvalue weighted by Crippen LogP contribution is 2.12. The van der Waals surface area contributed by atoms with Crippen LogP contribution in [0.5, 0.6) is 5.75 Å². The summed E-state index contributed by atoms with van der Waals surface area (Å²) in [6.07, 6.45) is -0.446. The molecular formula is C21H36N2O7. The number of ether oxygens (including phenoxy) is 6. The second-order valence-electron chi connectivity index (χ2n) is 7.30. The second-order valence-corrected chi connectivity index (χ2v) is 7.30. The van der Waals surface area contributed by atoms with Crippen molar-refractivity contribution < 1.29 is 33.2 Å². The van der Waals surface area contributed by atoms with Crippen LogP contribution in [0.3, 0.4) is 0 Å². The summed E-state index contributed by atoms with van der Waals surface area (Å²) in [5.41, 5.74) is 5.82. The quantitative estimate of drug-likeness (QED) is 0.305. The number of carbonyl (C=O) groups excluding carboxylic acids is 1. The van der Waals surface area contributed by atoms with Crippen LogP contribution < -0.4 is 15.8 Å². The number of hydrogen-bond donors (Lipinski definition) is 2. The SMILES string of the molecule is CC(C)(C)OC(=O)NCCOCCOCCOCCOCCOc1ccc(N)cc1. The Kier molecular flexibility index (Phi) is 13.6. The Hall–Kier alpha value is -2.07. The Morgan fingerprint density at radius 2 is 1.27 bits per heavy atom. The maximum Gasteiger partial charge on any atom is 0.407 e. The van der Waals surface area contributed by atoms with Gasteiger partial charge in [-0.15, -0.1) is 0 Å². The first-order valence-corrected chi connectivity index (χ1v) is 10.1. The fourth-order valence-corrected chi connectivity index (χ4v) is 2.08. The number of benzene rings is 1. The summed E-state index contributed by atoms with van der Waals surface area (Å²) >= 11 is 0. The minimum absolute atomic E-state index is 0.392. The number of anilines is 1. The predicted octanol–water partition coefficient (Wildman–Crippen LogP) is 2.24. The van der Waals surface area contributed by atoms with Crippen molar-refractivity contribution in [1.29, 1.82) is 0 Å². The van der Waals surface area contributed by atoms with Crippen LogP contribution in [0.1, 0.15) is 20.8 Å². The Morgan fingerprint density at radius 3 is 1.77 bits per heavy atom. The number of amides is 1. The first-order valence-electron chi connectivity index (χ1n) is 10.1. The van der Waals surface area contributed by atoms with Crippen LogP contribution in [-0.2, 0) is 23.7 Å². The van der Waals surface area contributed by atoms with Crippen LogP contribution in [0.4, 0.5) is 10.5 Å². The minimum Gasteiger partial charge on any atom is -0.491 e. The molecule has 0 radical (unpaired) electrons. The van der Waals surface area contributed by atoms with Gasteiger partial charge < -0.3 is 39.5 Å². The number of nitrogen functional groups attached to an aromatic ring is 1. The predicted molar refractivity (Wildman–Crippen MR) is 114 cm³/mol. The maximum absolute atomic E-state index is 11.4. The summed E-state index contributed by atoms with van der Waals surface area (Å²) < 4.78 is 32.2. The van der Waals surface area contributed by atoms with Crippen molar-refractivity contribution in [2.24, 2.45) is 0 Å². The van der Waals surface area contributed by atoms with Crippen LogP contribution in [0.25, 0.3) is 0 Å². The van der Waals surface area contributed by atoms with E-state index < -0.39 is 11.7 Å². The first kappa shape index (κ1) is 26.0. The van der Waals surface area contributed by atoms with Crippen molar-refractivity contribution in [3.63, 3.8) is 0 Å². The molecule has 0 heterocycles. The van der Waals surface area contributed by atoms with E-state index in [0.717, 1.165) is 5.75 Å². The molecule has 0 fully saturated rings. The number of rotatable bonds is 16. The van der Waals surface area contributed by atoms with E-state index >= 15 is 0 Å². The van der Waals surface area contributed by atoms with E-state index in [-0.39, 0.29) is 0 Å².